The summed E-state index contributed by atoms with van der Waals surface area (Å²) in [5, 5.41) is 3.06. The summed E-state index contributed by atoms with van der Waals surface area (Å²) in [6.45, 7) is 2.49. The third-order valence-electron chi connectivity index (χ3n) is 0.619. The first-order chi connectivity index (χ1) is 3.79. The van der Waals surface area contributed by atoms with E-state index in [2.05, 4.69) is 5.32 Å². The molecule has 1 unspecified atom stereocenters. The van der Waals surface area contributed by atoms with Crippen molar-refractivity contribution in [2.75, 3.05) is 6.54 Å². The zero-order valence-electron chi connectivity index (χ0n) is 4.48. The fraction of sp³-hybridized carbons (Fsp3) is 0.750. The predicted octanol–water partition coefficient (Wildman–Crippen LogP) is -3.52. The molecule has 8 heavy (non-hydrogen) atoms. The molecule has 1 N–H and O–H groups in total. The molecule has 1 fully saturated rings. The third-order valence-corrected chi connectivity index (χ3v) is 2.99. The van der Waals surface area contributed by atoms with E-state index in [0.717, 1.165) is 6.54 Å². The average molecular weight is 228 g/mol. The molecule has 0 saturated carbocycles. The van der Waals surface area contributed by atoms with Crippen LogP contribution in [0.15, 0.2) is 0 Å². The van der Waals surface area contributed by atoms with E-state index in [1.807, 2.05) is 0 Å². The number of nitrogens with one attached hydrogen (secondary N) is 1. The van der Waals surface area contributed by atoms with E-state index in [0.29, 0.717) is 4.05 Å². The van der Waals surface area contributed by atoms with Crippen LogP contribution in [0, 0.1) is 0 Å². The van der Waals surface area contributed by atoms with Crippen molar-refractivity contribution in [3.8, 4) is 0 Å². The van der Waals surface area contributed by atoms with Gasteiger partial charge in [0.15, 0.2) is 0 Å². The van der Waals surface area contributed by atoms with Crippen molar-refractivity contribution in [2.45, 2.75) is 11.0 Å². The third kappa shape index (κ3) is 2.46. The van der Waals surface area contributed by atoms with Gasteiger partial charge in [0.05, 0.1) is 0 Å². The predicted molar refractivity (Wildman–Crippen MR) is 23.6 cm³/mol. The Morgan fingerprint density at radius 3 is 3.00 bits per heavy atom. The van der Waals surface area contributed by atoms with E-state index in [1.165, 1.54) is 6.92 Å². The van der Waals surface area contributed by atoms with E-state index >= 15 is 0 Å². The van der Waals surface area contributed by atoms with Gasteiger partial charge < -0.3 is 0 Å². The minimum absolute atomic E-state index is 0.147. The first-order valence-corrected chi connectivity index (χ1v) is 4.46. The van der Waals surface area contributed by atoms with E-state index in [1.54, 1.807) is 0 Å². The standard InChI is InChI=1S/C4H7INO2/c1-3(7)8-5-4-2-6-4/h4,6H,2H2,1H3/q-1. The molecule has 0 radical (unpaired) electrons. The Bertz CT molecular complexity index is 102. The van der Waals surface area contributed by atoms with Crippen molar-refractivity contribution >= 4 is 5.97 Å². The first-order valence-electron chi connectivity index (χ1n) is 2.33. The topological polar surface area (TPSA) is 48.2 Å². The summed E-state index contributed by atoms with van der Waals surface area (Å²) in [7, 11) is 0. The molecule has 1 heterocycles. The zero-order valence-corrected chi connectivity index (χ0v) is 6.64. The van der Waals surface area contributed by atoms with Gasteiger partial charge in [-0.25, -0.2) is 0 Å². The van der Waals surface area contributed by atoms with Crippen molar-refractivity contribution < 1.29 is 29.5 Å². The monoisotopic (exact) mass is 228 g/mol. The van der Waals surface area contributed by atoms with Gasteiger partial charge in [-0.2, -0.15) is 0 Å². The van der Waals surface area contributed by atoms with Crippen LogP contribution in [-0.2, 0) is 7.86 Å². The number of rotatable bonds is 2. The maximum atomic E-state index is 10.2. The second-order valence-corrected chi connectivity index (χ2v) is 3.99. The van der Waals surface area contributed by atoms with Crippen LogP contribution in [0.25, 0.3) is 0 Å². The number of alkyl halides is 1. The molecule has 0 amide bonds. The Morgan fingerprint density at radius 1 is 2.00 bits per heavy atom. The van der Waals surface area contributed by atoms with Gasteiger partial charge in [-0.1, -0.05) is 0 Å². The SMILES string of the molecule is CC(=O)O[I-]C1CN1. The fourth-order valence-corrected chi connectivity index (χ4v) is 1.50. The van der Waals surface area contributed by atoms with E-state index in [4.69, 9.17) is 3.07 Å². The van der Waals surface area contributed by atoms with Gasteiger partial charge in [-0.15, -0.1) is 0 Å². The van der Waals surface area contributed by atoms with Crippen LogP contribution in [0.3, 0.4) is 0 Å². The van der Waals surface area contributed by atoms with Crippen molar-refractivity contribution in [2.24, 2.45) is 0 Å². The zero-order chi connectivity index (χ0) is 5.98. The summed E-state index contributed by atoms with van der Waals surface area (Å²) in [5.41, 5.74) is 0. The number of carbonyl (C=O) groups excluding carboxylic acids is 1. The first kappa shape index (κ1) is 6.28. The molecule has 1 aliphatic rings. The summed E-state index contributed by atoms with van der Waals surface area (Å²) in [4.78, 5) is 10.2. The Hall–Kier alpha value is 0.160. The van der Waals surface area contributed by atoms with E-state index in [-0.39, 0.29) is 27.6 Å². The van der Waals surface area contributed by atoms with Gasteiger partial charge in [0.1, 0.15) is 0 Å². The normalized spacial score (nSPS) is 25.4. The summed E-state index contributed by atoms with van der Waals surface area (Å²) in [6.07, 6.45) is 0. The number of halogens is 1. The van der Waals surface area contributed by atoms with Crippen LogP contribution in [0.5, 0.6) is 0 Å². The van der Waals surface area contributed by atoms with E-state index < -0.39 is 0 Å². The molecule has 0 bridgehead atoms. The maximum absolute atomic E-state index is 10.2. The molecule has 0 aromatic carbocycles. The van der Waals surface area contributed by atoms with Crippen LogP contribution in [0.1, 0.15) is 6.92 Å². The van der Waals surface area contributed by atoms with Crippen LogP contribution in [0.4, 0.5) is 0 Å². The van der Waals surface area contributed by atoms with Crippen LogP contribution >= 0.6 is 0 Å². The summed E-state index contributed by atoms with van der Waals surface area (Å²) < 4.78 is 5.33. The molecule has 1 atom stereocenters. The second kappa shape index (κ2) is 2.63. The van der Waals surface area contributed by atoms with E-state index in [9.17, 15) is 4.79 Å². The van der Waals surface area contributed by atoms with Crippen LogP contribution in [-0.4, -0.2) is 16.6 Å². The van der Waals surface area contributed by atoms with Crippen LogP contribution < -0.4 is 26.9 Å². The molecule has 0 aromatic heterocycles. The van der Waals surface area contributed by atoms with Crippen molar-refractivity contribution in [1.29, 1.82) is 0 Å². The number of carbonyl (C=O) groups is 1. The molecular weight excluding hydrogens is 221 g/mol. The fourth-order valence-electron chi connectivity index (χ4n) is 0.224. The quantitative estimate of drug-likeness (QED) is 0.231. The Kier molecular flexibility index (Phi) is 2.07. The van der Waals surface area contributed by atoms with Gasteiger partial charge >= 0.3 is 58.3 Å². The number of hydrogen-bond donors (Lipinski definition) is 1. The summed E-state index contributed by atoms with van der Waals surface area (Å²) >= 11 is -0.325. The molecular formula is C4H7INO2-. The second-order valence-electron chi connectivity index (χ2n) is 1.53. The van der Waals surface area contributed by atoms with Crippen molar-refractivity contribution in [3.05, 3.63) is 0 Å². The minimum atomic E-state index is -0.325. The molecule has 3 nitrogen and oxygen atoms in total. The summed E-state index contributed by atoms with van der Waals surface area (Å²) in [6, 6.07) is 0. The van der Waals surface area contributed by atoms with Gasteiger partial charge in [0, 0.05) is 0 Å². The van der Waals surface area contributed by atoms with Gasteiger partial charge in [0.25, 0.3) is 0 Å². The van der Waals surface area contributed by atoms with Crippen LogP contribution in [0.2, 0.25) is 0 Å². The Morgan fingerprint density at radius 2 is 2.62 bits per heavy atom. The Labute approximate surface area is 58.6 Å². The molecule has 0 aliphatic carbocycles. The summed E-state index contributed by atoms with van der Waals surface area (Å²) in [5.74, 6) is -0.147. The number of hydrogen-bond acceptors (Lipinski definition) is 3. The molecule has 0 spiro atoms. The molecule has 0 aromatic rings. The molecule has 1 aliphatic heterocycles. The van der Waals surface area contributed by atoms with Gasteiger partial charge in [-0.05, 0) is 0 Å². The van der Waals surface area contributed by atoms with Gasteiger partial charge in [0.2, 0.25) is 0 Å². The molecule has 1 rings (SSSR count). The molecule has 48 valence electrons. The molecule has 1 saturated heterocycles. The van der Waals surface area contributed by atoms with Crippen molar-refractivity contribution in [3.63, 3.8) is 0 Å². The molecule has 4 heteroatoms. The average Bonchev–Trinajstić information content (AvgIpc) is 2.41. The van der Waals surface area contributed by atoms with Gasteiger partial charge in [-0.3, -0.25) is 0 Å². The Balaban J connectivity index is 1.95. The van der Waals surface area contributed by atoms with Crippen molar-refractivity contribution in [1.82, 2.24) is 5.32 Å².